The summed E-state index contributed by atoms with van der Waals surface area (Å²) in [6.07, 6.45) is 1.19. The van der Waals surface area contributed by atoms with E-state index in [1.165, 1.54) is 6.42 Å². The van der Waals surface area contributed by atoms with E-state index in [2.05, 4.69) is 5.32 Å². The molecule has 0 heterocycles. The molecule has 0 rings (SSSR count). The highest BCUT2D eigenvalue weighted by Gasteiger charge is 1.97. The van der Waals surface area contributed by atoms with Crippen molar-refractivity contribution in [3.05, 3.63) is 0 Å². The van der Waals surface area contributed by atoms with Crippen molar-refractivity contribution in [2.24, 2.45) is 0 Å². The lowest BCUT2D eigenvalue weighted by Gasteiger charge is -2.05. The lowest BCUT2D eigenvalue weighted by molar-refractivity contribution is 0.300. The zero-order chi connectivity index (χ0) is 7.82. The predicted molar refractivity (Wildman–Crippen MR) is 47.5 cm³/mol. The summed E-state index contributed by atoms with van der Waals surface area (Å²) >= 11 is 1.83. The van der Waals surface area contributed by atoms with Crippen molar-refractivity contribution in [2.75, 3.05) is 26.0 Å². The van der Waals surface area contributed by atoms with Crippen LogP contribution in [0.1, 0.15) is 13.3 Å². The molecule has 0 amide bonds. The number of thioether (sulfide) groups is 1. The number of hydrogen-bond acceptors (Lipinski definition) is 3. The third-order valence-corrected chi connectivity index (χ3v) is 2.47. The Labute approximate surface area is 67.4 Å². The molecule has 0 bridgehead atoms. The van der Waals surface area contributed by atoms with Gasteiger partial charge in [-0.25, -0.2) is 0 Å². The highest BCUT2D eigenvalue weighted by Crippen LogP contribution is 2.09. The number of hydrogen-bond donors (Lipinski definition) is 2. The predicted octanol–water partition coefficient (Wildman–Crippen LogP) is 0.710. The van der Waals surface area contributed by atoms with E-state index in [-0.39, 0.29) is 0 Å². The highest BCUT2D eigenvalue weighted by molar-refractivity contribution is 7.99. The summed E-state index contributed by atoms with van der Waals surface area (Å²) < 4.78 is 0. The molecule has 2 N–H and O–H groups in total. The Hall–Kier alpha value is 0.270. The third kappa shape index (κ3) is 6.39. The third-order valence-electron chi connectivity index (χ3n) is 1.23. The SMILES string of the molecule is CNCCCSC(C)CO. The minimum atomic E-state index is 0.296. The zero-order valence-electron chi connectivity index (χ0n) is 6.76. The molecule has 0 saturated carbocycles. The fourth-order valence-corrected chi connectivity index (χ4v) is 1.40. The molecule has 0 saturated heterocycles. The van der Waals surface area contributed by atoms with Crippen LogP contribution in [0.2, 0.25) is 0 Å². The van der Waals surface area contributed by atoms with E-state index in [9.17, 15) is 0 Å². The maximum Gasteiger partial charge on any atom is 0.0547 e. The van der Waals surface area contributed by atoms with Crippen LogP contribution in [0.3, 0.4) is 0 Å². The van der Waals surface area contributed by atoms with Crippen molar-refractivity contribution >= 4 is 11.8 Å². The van der Waals surface area contributed by atoms with Gasteiger partial charge < -0.3 is 10.4 Å². The fraction of sp³-hybridized carbons (Fsp3) is 1.00. The van der Waals surface area contributed by atoms with Crippen molar-refractivity contribution in [1.82, 2.24) is 5.32 Å². The summed E-state index contributed by atoms with van der Waals surface area (Å²) in [5.41, 5.74) is 0. The second kappa shape index (κ2) is 7.38. The van der Waals surface area contributed by atoms with Gasteiger partial charge in [-0.3, -0.25) is 0 Å². The molecule has 0 aliphatic rings. The van der Waals surface area contributed by atoms with Crippen molar-refractivity contribution in [1.29, 1.82) is 0 Å². The molecule has 3 heteroatoms. The van der Waals surface area contributed by atoms with Gasteiger partial charge in [0.15, 0.2) is 0 Å². The van der Waals surface area contributed by atoms with Gasteiger partial charge in [-0.2, -0.15) is 11.8 Å². The Morgan fingerprint density at radius 1 is 1.60 bits per heavy atom. The Morgan fingerprint density at radius 3 is 2.80 bits per heavy atom. The molecule has 0 aromatic carbocycles. The first-order chi connectivity index (χ1) is 4.81. The maximum atomic E-state index is 8.65. The van der Waals surface area contributed by atoms with Gasteiger partial charge in [0.05, 0.1) is 6.61 Å². The van der Waals surface area contributed by atoms with Crippen molar-refractivity contribution in [3.63, 3.8) is 0 Å². The monoisotopic (exact) mass is 163 g/mol. The van der Waals surface area contributed by atoms with Crippen LogP contribution < -0.4 is 5.32 Å². The first-order valence-corrected chi connectivity index (χ1v) is 4.73. The van der Waals surface area contributed by atoms with Crippen LogP contribution in [0, 0.1) is 0 Å². The number of rotatable bonds is 6. The summed E-state index contributed by atoms with van der Waals surface area (Å²) in [7, 11) is 1.96. The molecule has 10 heavy (non-hydrogen) atoms. The number of nitrogens with one attached hydrogen (secondary N) is 1. The molecule has 1 unspecified atom stereocenters. The summed E-state index contributed by atoms with van der Waals surface area (Å²) in [4.78, 5) is 0. The van der Waals surface area contributed by atoms with E-state index in [1.807, 2.05) is 25.7 Å². The standard InChI is InChI=1S/C7H17NOS/c1-7(6-9)10-5-3-4-8-2/h7-9H,3-6H2,1-2H3. The van der Waals surface area contributed by atoms with Gasteiger partial charge in [-0.1, -0.05) is 6.92 Å². The molecular weight excluding hydrogens is 146 g/mol. The van der Waals surface area contributed by atoms with E-state index >= 15 is 0 Å². The Kier molecular flexibility index (Phi) is 7.58. The van der Waals surface area contributed by atoms with Crippen molar-refractivity contribution in [2.45, 2.75) is 18.6 Å². The van der Waals surface area contributed by atoms with Crippen LogP contribution in [0.5, 0.6) is 0 Å². The van der Waals surface area contributed by atoms with Gasteiger partial charge in [-0.05, 0) is 25.8 Å². The van der Waals surface area contributed by atoms with E-state index in [1.54, 1.807) is 0 Å². The quantitative estimate of drug-likeness (QED) is 0.566. The van der Waals surface area contributed by atoms with Gasteiger partial charge in [0.1, 0.15) is 0 Å². The average Bonchev–Trinajstić information content (AvgIpc) is 1.98. The molecule has 0 radical (unpaired) electrons. The normalized spacial score (nSPS) is 13.5. The van der Waals surface area contributed by atoms with Crippen molar-refractivity contribution in [3.8, 4) is 0 Å². The van der Waals surface area contributed by atoms with Gasteiger partial charge in [0, 0.05) is 5.25 Å². The van der Waals surface area contributed by atoms with Crippen LogP contribution in [0.4, 0.5) is 0 Å². The van der Waals surface area contributed by atoms with E-state index in [4.69, 9.17) is 5.11 Å². The molecule has 0 aromatic rings. The van der Waals surface area contributed by atoms with Crippen LogP contribution in [-0.4, -0.2) is 36.3 Å². The summed E-state index contributed by atoms with van der Waals surface area (Å²) in [5.74, 6) is 1.14. The highest BCUT2D eigenvalue weighted by atomic mass is 32.2. The lowest BCUT2D eigenvalue weighted by atomic mass is 10.5. The molecule has 1 atom stereocenters. The molecular formula is C7H17NOS. The van der Waals surface area contributed by atoms with E-state index in [0.717, 1.165) is 12.3 Å². The van der Waals surface area contributed by atoms with Crippen LogP contribution in [0.15, 0.2) is 0 Å². The second-order valence-electron chi connectivity index (χ2n) is 2.32. The van der Waals surface area contributed by atoms with Gasteiger partial charge in [-0.15, -0.1) is 0 Å². The minimum absolute atomic E-state index is 0.296. The fourth-order valence-electron chi connectivity index (χ4n) is 0.586. The Balaban J connectivity index is 2.89. The molecule has 0 spiro atoms. The van der Waals surface area contributed by atoms with E-state index < -0.39 is 0 Å². The molecule has 0 fully saturated rings. The summed E-state index contributed by atoms with van der Waals surface area (Å²) in [5, 5.41) is 12.1. The van der Waals surface area contributed by atoms with Crippen LogP contribution in [-0.2, 0) is 0 Å². The van der Waals surface area contributed by atoms with E-state index in [0.29, 0.717) is 11.9 Å². The maximum absolute atomic E-state index is 8.65. The summed E-state index contributed by atoms with van der Waals surface area (Å²) in [6, 6.07) is 0. The Bertz CT molecular complexity index is 70.6. The lowest BCUT2D eigenvalue weighted by Crippen LogP contribution is -2.10. The van der Waals surface area contributed by atoms with Crippen molar-refractivity contribution < 1.29 is 5.11 Å². The van der Waals surface area contributed by atoms with Gasteiger partial charge in [0.25, 0.3) is 0 Å². The zero-order valence-corrected chi connectivity index (χ0v) is 7.58. The Morgan fingerprint density at radius 2 is 2.30 bits per heavy atom. The molecule has 2 nitrogen and oxygen atoms in total. The first kappa shape index (κ1) is 10.3. The molecule has 0 aromatic heterocycles. The largest absolute Gasteiger partial charge is 0.395 e. The minimum Gasteiger partial charge on any atom is -0.395 e. The summed E-state index contributed by atoms with van der Waals surface area (Å²) in [6.45, 7) is 3.42. The second-order valence-corrected chi connectivity index (χ2v) is 3.87. The molecule has 0 aliphatic carbocycles. The van der Waals surface area contributed by atoms with Gasteiger partial charge in [0.2, 0.25) is 0 Å². The molecule has 62 valence electrons. The molecule has 0 aliphatic heterocycles. The number of aliphatic hydroxyl groups is 1. The van der Waals surface area contributed by atoms with Crippen LogP contribution in [0.25, 0.3) is 0 Å². The van der Waals surface area contributed by atoms with Gasteiger partial charge >= 0.3 is 0 Å². The average molecular weight is 163 g/mol. The topological polar surface area (TPSA) is 32.3 Å². The number of aliphatic hydroxyl groups excluding tert-OH is 1. The van der Waals surface area contributed by atoms with Crippen LogP contribution >= 0.6 is 11.8 Å². The smallest absolute Gasteiger partial charge is 0.0547 e. The first-order valence-electron chi connectivity index (χ1n) is 3.68.